The predicted molar refractivity (Wildman–Crippen MR) is 87.7 cm³/mol. The number of carbonyl (C=O) groups is 1. The molecule has 23 heavy (non-hydrogen) atoms. The lowest BCUT2D eigenvalue weighted by atomic mass is 10.1. The van der Waals surface area contributed by atoms with Crippen LogP contribution in [0.2, 0.25) is 0 Å². The van der Waals surface area contributed by atoms with Gasteiger partial charge < -0.3 is 9.63 Å². The summed E-state index contributed by atoms with van der Waals surface area (Å²) in [4.78, 5) is 11.0. The summed E-state index contributed by atoms with van der Waals surface area (Å²) in [7, 11) is -3.95. The fraction of sp³-hybridized carbons (Fsp3) is 0.562. The number of rotatable bonds is 6. The van der Waals surface area contributed by atoms with Crippen molar-refractivity contribution in [2.75, 3.05) is 0 Å². The van der Waals surface area contributed by atoms with Gasteiger partial charge in [-0.15, -0.1) is 0 Å². The minimum absolute atomic E-state index is 0.173. The number of carboxylic acids is 1. The van der Waals surface area contributed by atoms with Gasteiger partial charge in [-0.3, -0.25) is 13.8 Å². The fourth-order valence-electron chi connectivity index (χ4n) is 1.75. The molecule has 130 valence electrons. The Kier molecular flexibility index (Phi) is 6.02. The minimum Gasteiger partial charge on any atom is -0.481 e. The zero-order chi connectivity index (χ0) is 17.9. The molecule has 1 aromatic rings. The summed E-state index contributed by atoms with van der Waals surface area (Å²) in [5, 5.41) is 8.98. The number of hydrogen-bond acceptors (Lipinski definition) is 5. The van der Waals surface area contributed by atoms with Crippen molar-refractivity contribution in [2.45, 2.75) is 59.2 Å². The summed E-state index contributed by atoms with van der Waals surface area (Å²) in [5.41, 5.74) is -1.12. The Labute approximate surface area is 137 Å². The molecule has 0 heterocycles. The van der Waals surface area contributed by atoms with Gasteiger partial charge in [0, 0.05) is 5.56 Å². The van der Waals surface area contributed by atoms with E-state index < -0.39 is 25.0 Å². The molecule has 0 aliphatic rings. The van der Waals surface area contributed by atoms with E-state index in [2.05, 4.69) is 0 Å². The van der Waals surface area contributed by atoms with Crippen molar-refractivity contribution in [3.63, 3.8) is 0 Å². The topological polar surface area (TPSA) is 82.1 Å². The maximum Gasteiger partial charge on any atom is 0.531 e. The number of benzene rings is 1. The summed E-state index contributed by atoms with van der Waals surface area (Å²) in [6, 6.07) is 6.50. The zero-order valence-corrected chi connectivity index (χ0v) is 15.3. The standard InChI is InChI=1S/C16H25O6P/c1-15(2,3)21-23(19,22-16(4,5)6)20-13-10-8-7-9-12(13)11-14(17)18/h7-10H,11H2,1-6H3,(H,17,18). The van der Waals surface area contributed by atoms with Crippen LogP contribution in [0, 0.1) is 0 Å². The molecule has 0 atom stereocenters. The molecule has 0 aromatic heterocycles. The van der Waals surface area contributed by atoms with E-state index >= 15 is 0 Å². The van der Waals surface area contributed by atoms with E-state index in [4.69, 9.17) is 18.7 Å². The van der Waals surface area contributed by atoms with Crippen LogP contribution < -0.4 is 4.52 Å². The van der Waals surface area contributed by atoms with Gasteiger partial charge in [0.15, 0.2) is 0 Å². The van der Waals surface area contributed by atoms with E-state index in [-0.39, 0.29) is 12.2 Å². The molecule has 0 saturated carbocycles. The van der Waals surface area contributed by atoms with Crippen LogP contribution >= 0.6 is 7.82 Å². The normalized spacial score (nSPS) is 13.0. The number of aliphatic carboxylic acids is 1. The van der Waals surface area contributed by atoms with Crippen molar-refractivity contribution in [3.05, 3.63) is 29.8 Å². The summed E-state index contributed by atoms with van der Waals surface area (Å²) >= 11 is 0. The van der Waals surface area contributed by atoms with Crippen molar-refractivity contribution < 1.29 is 28.0 Å². The monoisotopic (exact) mass is 344 g/mol. The molecule has 1 N–H and O–H groups in total. The fourth-order valence-corrected chi connectivity index (χ4v) is 3.62. The number of phosphoric acid groups is 1. The number of hydrogen-bond donors (Lipinski definition) is 1. The average Bonchev–Trinajstić information content (AvgIpc) is 2.25. The third-order valence-corrected chi connectivity index (χ3v) is 4.26. The quantitative estimate of drug-likeness (QED) is 0.769. The van der Waals surface area contributed by atoms with Gasteiger partial charge in [0.25, 0.3) is 0 Å². The first-order valence-corrected chi connectivity index (χ1v) is 8.77. The van der Waals surface area contributed by atoms with E-state index in [1.165, 1.54) is 0 Å². The van der Waals surface area contributed by atoms with Crippen LogP contribution in [-0.2, 0) is 24.8 Å². The highest BCUT2D eigenvalue weighted by Gasteiger charge is 2.39. The molecule has 6 nitrogen and oxygen atoms in total. The van der Waals surface area contributed by atoms with Gasteiger partial charge in [0.2, 0.25) is 0 Å². The molecular weight excluding hydrogens is 319 g/mol. The van der Waals surface area contributed by atoms with E-state index in [1.807, 2.05) is 0 Å². The second kappa shape index (κ2) is 7.04. The van der Waals surface area contributed by atoms with Crippen LogP contribution in [0.15, 0.2) is 24.3 Å². The molecule has 1 rings (SSSR count). The Morgan fingerprint density at radius 1 is 1.04 bits per heavy atom. The molecule has 0 amide bonds. The van der Waals surface area contributed by atoms with E-state index in [0.717, 1.165) is 0 Å². The van der Waals surface area contributed by atoms with Crippen molar-refractivity contribution in [1.82, 2.24) is 0 Å². The predicted octanol–water partition coefficient (Wildman–Crippen LogP) is 4.43. The van der Waals surface area contributed by atoms with Crippen molar-refractivity contribution >= 4 is 13.8 Å². The second-order valence-electron chi connectivity index (χ2n) is 7.12. The summed E-state index contributed by atoms with van der Waals surface area (Å²) in [5.74, 6) is -0.837. The van der Waals surface area contributed by atoms with Crippen LogP contribution in [-0.4, -0.2) is 22.3 Å². The molecule has 0 unspecified atom stereocenters. The first kappa shape index (κ1) is 19.7. The summed E-state index contributed by atoms with van der Waals surface area (Å²) < 4.78 is 29.6. The maximum atomic E-state index is 13.0. The van der Waals surface area contributed by atoms with Crippen LogP contribution in [0.1, 0.15) is 47.1 Å². The highest BCUT2D eigenvalue weighted by atomic mass is 31.2. The van der Waals surface area contributed by atoms with Crippen LogP contribution in [0.5, 0.6) is 5.75 Å². The molecular formula is C16H25O6P. The van der Waals surface area contributed by atoms with Gasteiger partial charge in [0.05, 0.1) is 17.6 Å². The SMILES string of the molecule is CC(C)(C)OP(=O)(Oc1ccccc1CC(=O)O)OC(C)(C)C. The van der Waals surface area contributed by atoms with Crippen LogP contribution in [0.3, 0.4) is 0 Å². The summed E-state index contributed by atoms with van der Waals surface area (Å²) in [6.45, 7) is 10.4. The Balaban J connectivity index is 3.16. The minimum atomic E-state index is -3.95. The molecule has 0 spiro atoms. The van der Waals surface area contributed by atoms with E-state index in [1.54, 1.807) is 65.8 Å². The van der Waals surface area contributed by atoms with Crippen molar-refractivity contribution in [1.29, 1.82) is 0 Å². The molecule has 0 aliphatic carbocycles. The molecule has 0 fully saturated rings. The average molecular weight is 344 g/mol. The largest absolute Gasteiger partial charge is 0.531 e. The zero-order valence-electron chi connectivity index (χ0n) is 14.5. The molecule has 0 bridgehead atoms. The van der Waals surface area contributed by atoms with E-state index in [0.29, 0.717) is 5.56 Å². The lowest BCUT2D eigenvalue weighted by Gasteiger charge is -2.31. The van der Waals surface area contributed by atoms with Gasteiger partial charge >= 0.3 is 13.8 Å². The van der Waals surface area contributed by atoms with Gasteiger partial charge in [0.1, 0.15) is 5.75 Å². The van der Waals surface area contributed by atoms with Crippen molar-refractivity contribution in [3.8, 4) is 5.75 Å². The molecule has 1 aromatic carbocycles. The highest BCUT2D eigenvalue weighted by Crippen LogP contribution is 2.55. The third-order valence-electron chi connectivity index (χ3n) is 2.30. The Morgan fingerprint density at radius 3 is 1.96 bits per heavy atom. The van der Waals surface area contributed by atoms with Crippen LogP contribution in [0.4, 0.5) is 0 Å². The Hall–Kier alpha value is -1.36. The molecule has 7 heteroatoms. The van der Waals surface area contributed by atoms with Crippen LogP contribution in [0.25, 0.3) is 0 Å². The number of para-hydroxylation sites is 1. The lowest BCUT2D eigenvalue weighted by molar-refractivity contribution is -0.136. The van der Waals surface area contributed by atoms with Crippen molar-refractivity contribution in [2.24, 2.45) is 0 Å². The van der Waals surface area contributed by atoms with E-state index in [9.17, 15) is 9.36 Å². The van der Waals surface area contributed by atoms with Gasteiger partial charge in [-0.25, -0.2) is 4.57 Å². The Morgan fingerprint density at radius 2 is 1.52 bits per heavy atom. The summed E-state index contributed by atoms with van der Waals surface area (Å²) in [6.07, 6.45) is -0.249. The van der Waals surface area contributed by atoms with Gasteiger partial charge in [-0.2, -0.15) is 0 Å². The first-order valence-electron chi connectivity index (χ1n) is 7.30. The first-order chi connectivity index (χ1) is 10.3. The lowest BCUT2D eigenvalue weighted by Crippen LogP contribution is -2.25. The molecule has 0 saturated heterocycles. The second-order valence-corrected chi connectivity index (χ2v) is 8.57. The van der Waals surface area contributed by atoms with Gasteiger partial charge in [-0.1, -0.05) is 18.2 Å². The Bertz CT molecular complexity index is 577. The highest BCUT2D eigenvalue weighted by molar-refractivity contribution is 7.49. The number of phosphoric ester groups is 1. The molecule has 0 aliphatic heterocycles. The maximum absolute atomic E-state index is 13.0. The van der Waals surface area contributed by atoms with Gasteiger partial charge in [-0.05, 0) is 47.6 Å². The third kappa shape index (κ3) is 7.64. The molecule has 0 radical (unpaired) electrons. The number of carboxylic acid groups (broad SMARTS) is 1. The smallest absolute Gasteiger partial charge is 0.481 e.